The number of rotatable bonds is 11. The number of unbranched alkanes of at least 4 members (excludes halogenated alkanes) is 4. The van der Waals surface area contributed by atoms with Crippen molar-refractivity contribution in [3.05, 3.63) is 77.9 Å². The summed E-state index contributed by atoms with van der Waals surface area (Å²) in [7, 11) is -0.775. The van der Waals surface area contributed by atoms with E-state index in [1.807, 2.05) is 73.7 Å². The summed E-state index contributed by atoms with van der Waals surface area (Å²) in [5.74, 6) is 0.370. The number of aryl methyl sites for hydroxylation is 1. The summed E-state index contributed by atoms with van der Waals surface area (Å²) in [6, 6.07) is 17.5. The third kappa shape index (κ3) is 9.51. The maximum absolute atomic E-state index is 12.3. The zero-order valence-corrected chi connectivity index (χ0v) is 18.8. The van der Waals surface area contributed by atoms with Gasteiger partial charge in [-0.3, -0.25) is 0 Å². The van der Waals surface area contributed by atoms with Gasteiger partial charge in [-0.15, -0.1) is 4.36 Å². The van der Waals surface area contributed by atoms with E-state index in [1.54, 1.807) is 0 Å². The van der Waals surface area contributed by atoms with Crippen molar-refractivity contribution in [3.63, 3.8) is 0 Å². The van der Waals surface area contributed by atoms with E-state index >= 15 is 0 Å². The van der Waals surface area contributed by atoms with Crippen LogP contribution in [0.1, 0.15) is 50.2 Å². The van der Waals surface area contributed by atoms with E-state index in [1.165, 1.54) is 19.3 Å². The first-order valence-electron chi connectivity index (χ1n) is 10.6. The molecule has 0 saturated heterocycles. The summed E-state index contributed by atoms with van der Waals surface area (Å²) in [5, 5.41) is 10.5. The molecule has 2 aromatic carbocycles. The number of carbonyl (C=O) groups is 1. The number of nitrogens with zero attached hydrogens (tertiary/aromatic N) is 1. The van der Waals surface area contributed by atoms with Crippen LogP contribution < -0.4 is 0 Å². The van der Waals surface area contributed by atoms with Crippen molar-refractivity contribution in [2.45, 2.75) is 63.6 Å². The molecule has 0 heterocycles. The van der Waals surface area contributed by atoms with E-state index in [0.717, 1.165) is 28.9 Å². The Morgan fingerprint density at radius 1 is 1.10 bits per heavy atom. The van der Waals surface area contributed by atoms with Gasteiger partial charge in [-0.2, -0.15) is 0 Å². The molecule has 0 bridgehead atoms. The molecule has 0 radical (unpaired) electrons. The molecule has 2 aromatic rings. The average Bonchev–Trinajstić information content (AvgIpc) is 2.75. The molecule has 1 amide bonds. The van der Waals surface area contributed by atoms with Crippen molar-refractivity contribution >= 4 is 16.8 Å². The minimum atomic E-state index is -0.775. The second-order valence-electron chi connectivity index (χ2n) is 7.32. The third-order valence-corrected chi connectivity index (χ3v) is 6.44. The Bertz CT molecular complexity index is 816. The molecule has 0 unspecified atom stereocenters. The molecule has 4 nitrogen and oxygen atoms in total. The van der Waals surface area contributed by atoms with Gasteiger partial charge in [0, 0.05) is 10.6 Å². The first-order chi connectivity index (χ1) is 14.6. The van der Waals surface area contributed by atoms with Gasteiger partial charge < -0.3 is 9.84 Å². The number of aliphatic hydroxyl groups excluding tert-OH is 1. The van der Waals surface area contributed by atoms with Crippen LogP contribution in [0, 0.1) is 6.92 Å². The molecule has 162 valence electrons. The predicted molar refractivity (Wildman–Crippen MR) is 125 cm³/mol. The first kappa shape index (κ1) is 24.0. The van der Waals surface area contributed by atoms with Crippen molar-refractivity contribution in [2.75, 3.05) is 5.75 Å². The van der Waals surface area contributed by atoms with Crippen molar-refractivity contribution < 1.29 is 14.6 Å². The van der Waals surface area contributed by atoms with Crippen LogP contribution in [0.5, 0.6) is 0 Å². The second kappa shape index (κ2) is 13.9. The molecule has 0 fully saturated rings. The summed E-state index contributed by atoms with van der Waals surface area (Å²) in [6.07, 6.45) is 8.39. The fraction of sp³-hybridized carbons (Fsp3) is 0.400. The molecule has 30 heavy (non-hydrogen) atoms. The molecule has 0 aliphatic heterocycles. The average molecular weight is 428 g/mol. The van der Waals surface area contributed by atoms with Gasteiger partial charge in [-0.25, -0.2) is 4.79 Å². The first-order valence-corrected chi connectivity index (χ1v) is 12.0. The lowest BCUT2D eigenvalue weighted by Gasteiger charge is -2.12. The monoisotopic (exact) mass is 427 g/mol. The Kier molecular flexibility index (Phi) is 11.1. The summed E-state index contributed by atoms with van der Waals surface area (Å²) in [5.41, 5.74) is 2.06. The fourth-order valence-corrected chi connectivity index (χ4v) is 4.37. The number of amides is 1. The Morgan fingerprint density at radius 3 is 2.53 bits per heavy atom. The van der Waals surface area contributed by atoms with Crippen LogP contribution in [0.25, 0.3) is 0 Å². The highest BCUT2D eigenvalue weighted by Crippen LogP contribution is 2.14. The minimum absolute atomic E-state index is 0.189. The zero-order valence-electron chi connectivity index (χ0n) is 18.0. The van der Waals surface area contributed by atoms with Crippen LogP contribution >= 0.6 is 0 Å². The molecule has 1 N–H and O–H groups in total. The summed E-state index contributed by atoms with van der Waals surface area (Å²) in [4.78, 5) is 13.3. The van der Waals surface area contributed by atoms with Crippen LogP contribution in [0.4, 0.5) is 4.79 Å². The summed E-state index contributed by atoms with van der Waals surface area (Å²) >= 11 is 0. The van der Waals surface area contributed by atoms with Crippen molar-refractivity contribution in [1.82, 2.24) is 0 Å². The van der Waals surface area contributed by atoms with Gasteiger partial charge in [0.15, 0.2) is 0 Å². The van der Waals surface area contributed by atoms with E-state index in [2.05, 4.69) is 11.3 Å². The largest absolute Gasteiger partial charge is 0.443 e. The lowest BCUT2D eigenvalue weighted by Crippen LogP contribution is -2.15. The maximum atomic E-state index is 12.3. The van der Waals surface area contributed by atoms with E-state index in [4.69, 9.17) is 4.74 Å². The minimum Gasteiger partial charge on any atom is -0.443 e. The topological polar surface area (TPSA) is 58.9 Å². The molecule has 2 atom stereocenters. The molecular weight excluding hydrogens is 394 g/mol. The van der Waals surface area contributed by atoms with Gasteiger partial charge in [-0.1, -0.05) is 97.1 Å². The van der Waals surface area contributed by atoms with E-state index in [-0.39, 0.29) is 6.61 Å². The van der Waals surface area contributed by atoms with Gasteiger partial charge >= 0.3 is 6.09 Å². The van der Waals surface area contributed by atoms with Gasteiger partial charge in [-0.05, 0) is 37.5 Å². The normalized spacial score (nSPS) is 13.4. The third-order valence-electron chi connectivity index (χ3n) is 4.59. The zero-order chi connectivity index (χ0) is 21.6. The summed E-state index contributed by atoms with van der Waals surface area (Å²) < 4.78 is 9.60. The fourth-order valence-electron chi connectivity index (χ4n) is 2.88. The van der Waals surface area contributed by atoms with Gasteiger partial charge in [0.25, 0.3) is 0 Å². The quantitative estimate of drug-likeness (QED) is 0.334. The van der Waals surface area contributed by atoms with Crippen molar-refractivity contribution in [3.8, 4) is 0 Å². The van der Waals surface area contributed by atoms with Crippen LogP contribution in [-0.4, -0.2) is 23.1 Å². The predicted octanol–water partition coefficient (Wildman–Crippen LogP) is 6.38. The van der Waals surface area contributed by atoms with Crippen LogP contribution in [0.3, 0.4) is 0 Å². The molecular formula is C25H33NO3S. The molecule has 0 aliphatic carbocycles. The highest BCUT2D eigenvalue weighted by atomic mass is 32.2. The number of benzene rings is 2. The molecule has 0 saturated carbocycles. The second-order valence-corrected chi connectivity index (χ2v) is 9.04. The number of hydrogen-bond acceptors (Lipinski definition) is 3. The van der Waals surface area contributed by atoms with Gasteiger partial charge in [0.2, 0.25) is 0 Å². The van der Waals surface area contributed by atoms with E-state index in [0.29, 0.717) is 5.75 Å². The Labute approximate surface area is 183 Å². The van der Waals surface area contributed by atoms with Crippen molar-refractivity contribution in [1.29, 1.82) is 0 Å². The highest BCUT2D eigenvalue weighted by molar-refractivity contribution is 7.87. The Hall–Kier alpha value is -2.24. The van der Waals surface area contributed by atoms with Gasteiger partial charge in [0.1, 0.15) is 6.61 Å². The number of allylic oxidation sites excluding steroid dienone is 1. The summed E-state index contributed by atoms with van der Waals surface area (Å²) in [6.45, 7) is 4.40. The molecule has 0 aromatic heterocycles. The lowest BCUT2D eigenvalue weighted by atomic mass is 10.1. The number of aliphatic hydroxyl groups is 1. The standard InChI is InChI=1S/C25H33NO3S/c1-3-4-5-6-7-11-14-23(27)20-30(24-17-15-21(2)16-18-24)26-25(28)29-19-22-12-9-8-10-13-22/h8-18,23,27H,3-7,19-20H2,1-2H3/b14-11+/t23-,30-/m0/s1. The van der Waals surface area contributed by atoms with E-state index < -0.39 is 22.9 Å². The molecule has 5 heteroatoms. The van der Waals surface area contributed by atoms with Crippen LogP contribution in [0.2, 0.25) is 0 Å². The lowest BCUT2D eigenvalue weighted by molar-refractivity contribution is 0.151. The van der Waals surface area contributed by atoms with E-state index in [9.17, 15) is 9.90 Å². The molecule has 0 spiro atoms. The smallest absolute Gasteiger partial charge is 0.440 e. The number of hydrogen-bond donors (Lipinski definition) is 1. The van der Waals surface area contributed by atoms with Crippen LogP contribution in [0.15, 0.2) is 76.0 Å². The number of ether oxygens (including phenoxy) is 1. The SMILES string of the molecule is CCCCCC/C=C/[C@H](O)C/[S@](=N\C(=O)OCc1ccccc1)c1ccc(C)cc1. The van der Waals surface area contributed by atoms with Crippen molar-refractivity contribution in [2.24, 2.45) is 4.36 Å². The molecule has 2 rings (SSSR count). The Morgan fingerprint density at radius 2 is 1.83 bits per heavy atom. The van der Waals surface area contributed by atoms with Gasteiger partial charge in [0.05, 0.1) is 6.10 Å². The highest BCUT2D eigenvalue weighted by Gasteiger charge is 2.11. The van der Waals surface area contributed by atoms with Crippen LogP contribution in [-0.2, 0) is 22.0 Å². The Balaban J connectivity index is 2.01. The molecule has 0 aliphatic rings. The number of carbonyl (C=O) groups excluding carboxylic acids is 1. The maximum Gasteiger partial charge on any atom is 0.440 e.